The highest BCUT2D eigenvalue weighted by Crippen LogP contribution is 2.23. The zero-order valence-electron chi connectivity index (χ0n) is 22.0. The molecule has 0 radical (unpaired) electrons. The number of piperidine rings is 1. The second-order valence-corrected chi connectivity index (χ2v) is 13.2. The monoisotopic (exact) mass is 571 g/mol. The summed E-state index contributed by atoms with van der Waals surface area (Å²) in [5.74, 6) is -0.0172. The minimum Gasteiger partial charge on any atom is -0.484 e. The molecule has 0 spiro atoms. The summed E-state index contributed by atoms with van der Waals surface area (Å²) in [7, 11) is -7.28. The second kappa shape index (κ2) is 12.2. The first kappa shape index (κ1) is 28.6. The molecule has 1 aliphatic heterocycles. The second-order valence-electron chi connectivity index (χ2n) is 9.57. The number of sulfonamides is 2. The van der Waals surface area contributed by atoms with E-state index < -0.39 is 20.0 Å². The molecule has 1 amide bonds. The van der Waals surface area contributed by atoms with Crippen molar-refractivity contribution in [1.29, 1.82) is 0 Å². The van der Waals surface area contributed by atoms with Crippen LogP contribution in [0.25, 0.3) is 0 Å². The highest BCUT2D eigenvalue weighted by molar-refractivity contribution is 7.92. The van der Waals surface area contributed by atoms with Crippen molar-refractivity contribution in [1.82, 2.24) is 9.62 Å². The fourth-order valence-corrected chi connectivity index (χ4v) is 6.84. The Kier molecular flexibility index (Phi) is 8.94. The van der Waals surface area contributed by atoms with E-state index in [0.717, 1.165) is 36.0 Å². The molecule has 11 heteroatoms. The lowest BCUT2D eigenvalue weighted by molar-refractivity contribution is -0.123. The summed E-state index contributed by atoms with van der Waals surface area (Å²) in [6.07, 6.45) is 2.80. The average molecular weight is 572 g/mol. The Morgan fingerprint density at radius 1 is 0.846 bits per heavy atom. The van der Waals surface area contributed by atoms with Crippen molar-refractivity contribution in [2.24, 2.45) is 0 Å². The van der Waals surface area contributed by atoms with Crippen molar-refractivity contribution in [3.63, 3.8) is 0 Å². The van der Waals surface area contributed by atoms with E-state index >= 15 is 0 Å². The maximum absolute atomic E-state index is 12.8. The van der Waals surface area contributed by atoms with Gasteiger partial charge in [0, 0.05) is 19.6 Å². The molecule has 1 heterocycles. The van der Waals surface area contributed by atoms with Gasteiger partial charge in [0.2, 0.25) is 10.0 Å². The third-order valence-corrected chi connectivity index (χ3v) is 9.80. The van der Waals surface area contributed by atoms with Crippen LogP contribution in [-0.2, 0) is 31.4 Å². The maximum atomic E-state index is 12.8. The van der Waals surface area contributed by atoms with Crippen LogP contribution in [0.2, 0.25) is 0 Å². The van der Waals surface area contributed by atoms with E-state index in [1.165, 1.54) is 28.6 Å². The van der Waals surface area contributed by atoms with Gasteiger partial charge in [0.05, 0.1) is 15.5 Å². The summed E-state index contributed by atoms with van der Waals surface area (Å²) in [4.78, 5) is 12.6. The number of anilines is 1. The van der Waals surface area contributed by atoms with Crippen molar-refractivity contribution in [2.45, 2.75) is 49.4 Å². The molecule has 0 aliphatic carbocycles. The SMILES string of the molecule is Cc1ccc(C)c(NS(=O)(=O)c2ccc(OCC(=O)NCc3ccc(S(=O)(=O)N4CCCCC4)cc3)cc2)c1. The van der Waals surface area contributed by atoms with E-state index in [2.05, 4.69) is 10.0 Å². The molecule has 1 fully saturated rings. The predicted molar refractivity (Wildman–Crippen MR) is 150 cm³/mol. The Bertz CT molecular complexity index is 1510. The molecule has 3 aromatic carbocycles. The quantitative estimate of drug-likeness (QED) is 0.380. The molecule has 2 N–H and O–H groups in total. The minimum atomic E-state index is -3.78. The Balaban J connectivity index is 1.26. The first-order chi connectivity index (χ1) is 18.5. The zero-order valence-corrected chi connectivity index (χ0v) is 23.6. The molecule has 1 aliphatic rings. The number of nitrogens with zero attached hydrogens (tertiary/aromatic N) is 1. The lowest BCUT2D eigenvalue weighted by atomic mass is 10.1. The molecule has 0 bridgehead atoms. The number of carbonyl (C=O) groups is 1. The van der Waals surface area contributed by atoms with Crippen molar-refractivity contribution in [3.8, 4) is 5.75 Å². The van der Waals surface area contributed by atoms with E-state index in [1.807, 2.05) is 26.0 Å². The molecule has 208 valence electrons. The van der Waals surface area contributed by atoms with E-state index in [1.54, 1.807) is 30.3 Å². The molecule has 4 rings (SSSR count). The molecule has 0 atom stereocenters. The Labute approximate surface area is 230 Å². The van der Waals surface area contributed by atoms with Crippen LogP contribution >= 0.6 is 0 Å². The fourth-order valence-electron chi connectivity index (χ4n) is 4.20. The summed E-state index contributed by atoms with van der Waals surface area (Å²) in [5.41, 5.74) is 3.03. The number of rotatable bonds is 10. The number of nitrogens with one attached hydrogen (secondary N) is 2. The van der Waals surface area contributed by atoms with Crippen LogP contribution in [0.1, 0.15) is 36.0 Å². The normalized spacial score (nSPS) is 14.5. The first-order valence-corrected chi connectivity index (χ1v) is 15.7. The van der Waals surface area contributed by atoms with Crippen LogP contribution in [0.3, 0.4) is 0 Å². The van der Waals surface area contributed by atoms with Gasteiger partial charge in [-0.3, -0.25) is 9.52 Å². The summed E-state index contributed by atoms with van der Waals surface area (Å²) < 4.78 is 60.7. The average Bonchev–Trinajstić information content (AvgIpc) is 2.93. The Morgan fingerprint density at radius 3 is 2.15 bits per heavy atom. The highest BCUT2D eigenvalue weighted by atomic mass is 32.2. The summed E-state index contributed by atoms with van der Waals surface area (Å²) in [6.45, 7) is 4.77. The highest BCUT2D eigenvalue weighted by Gasteiger charge is 2.25. The van der Waals surface area contributed by atoms with Gasteiger partial charge in [-0.1, -0.05) is 30.7 Å². The number of hydrogen-bond acceptors (Lipinski definition) is 6. The topological polar surface area (TPSA) is 122 Å². The number of amides is 1. The van der Waals surface area contributed by atoms with Gasteiger partial charge < -0.3 is 10.1 Å². The lowest BCUT2D eigenvalue weighted by Gasteiger charge is -2.25. The van der Waals surface area contributed by atoms with Crippen LogP contribution < -0.4 is 14.8 Å². The van der Waals surface area contributed by atoms with Crippen molar-refractivity contribution in [2.75, 3.05) is 24.4 Å². The Morgan fingerprint density at radius 2 is 1.49 bits per heavy atom. The predicted octanol–water partition coefficient (Wildman–Crippen LogP) is 3.97. The van der Waals surface area contributed by atoms with Crippen LogP contribution in [0, 0.1) is 13.8 Å². The first-order valence-electron chi connectivity index (χ1n) is 12.7. The number of ether oxygens (including phenoxy) is 1. The van der Waals surface area contributed by atoms with E-state index in [9.17, 15) is 21.6 Å². The van der Waals surface area contributed by atoms with Gasteiger partial charge in [-0.25, -0.2) is 16.8 Å². The fraction of sp³-hybridized carbons (Fsp3) is 0.321. The van der Waals surface area contributed by atoms with E-state index in [-0.39, 0.29) is 28.8 Å². The maximum Gasteiger partial charge on any atom is 0.261 e. The molecular formula is C28H33N3O6S2. The molecule has 0 unspecified atom stereocenters. The number of hydrogen-bond donors (Lipinski definition) is 2. The zero-order chi connectivity index (χ0) is 28.0. The molecule has 9 nitrogen and oxygen atoms in total. The van der Waals surface area contributed by atoms with Crippen LogP contribution in [0.4, 0.5) is 5.69 Å². The van der Waals surface area contributed by atoms with E-state index in [4.69, 9.17) is 4.74 Å². The van der Waals surface area contributed by atoms with Gasteiger partial charge in [-0.15, -0.1) is 0 Å². The minimum absolute atomic E-state index is 0.0750. The van der Waals surface area contributed by atoms with Crippen LogP contribution in [0.15, 0.2) is 76.5 Å². The smallest absolute Gasteiger partial charge is 0.261 e. The standard InChI is InChI=1S/C28H33N3O6S2/c1-21-6-7-22(2)27(18-21)30-38(33,34)25-14-10-24(11-15-25)37-20-28(32)29-19-23-8-12-26(13-9-23)39(35,36)31-16-4-3-5-17-31/h6-15,18,30H,3-5,16-17,19-20H2,1-2H3,(H,29,32). The lowest BCUT2D eigenvalue weighted by Crippen LogP contribution is -2.35. The third kappa shape index (κ3) is 7.37. The van der Waals surface area contributed by atoms with Crippen LogP contribution in [-0.4, -0.2) is 46.7 Å². The summed E-state index contributed by atoms with van der Waals surface area (Å²) in [5, 5.41) is 2.73. The molecule has 39 heavy (non-hydrogen) atoms. The van der Waals surface area contributed by atoms with Gasteiger partial charge in [0.1, 0.15) is 5.75 Å². The molecule has 0 aromatic heterocycles. The van der Waals surface area contributed by atoms with Crippen LogP contribution in [0.5, 0.6) is 5.75 Å². The van der Waals surface area contributed by atoms with Gasteiger partial charge in [-0.2, -0.15) is 4.31 Å². The number of benzene rings is 3. The third-order valence-electron chi connectivity index (χ3n) is 6.51. The van der Waals surface area contributed by atoms with Gasteiger partial charge >= 0.3 is 0 Å². The summed E-state index contributed by atoms with van der Waals surface area (Å²) >= 11 is 0. The Hall–Kier alpha value is -3.41. The molecule has 1 saturated heterocycles. The number of carbonyl (C=O) groups excluding carboxylic acids is 1. The molecule has 0 saturated carbocycles. The van der Waals surface area contributed by atoms with Crippen molar-refractivity contribution in [3.05, 3.63) is 83.4 Å². The molecule has 3 aromatic rings. The van der Waals surface area contributed by atoms with Gasteiger partial charge in [-0.05, 0) is 85.8 Å². The van der Waals surface area contributed by atoms with Gasteiger partial charge in [0.25, 0.3) is 15.9 Å². The number of aryl methyl sites for hydroxylation is 2. The van der Waals surface area contributed by atoms with Crippen molar-refractivity contribution < 1.29 is 26.4 Å². The molecular weight excluding hydrogens is 538 g/mol. The largest absolute Gasteiger partial charge is 0.484 e. The van der Waals surface area contributed by atoms with E-state index in [0.29, 0.717) is 24.5 Å². The van der Waals surface area contributed by atoms with Gasteiger partial charge in [0.15, 0.2) is 6.61 Å². The van der Waals surface area contributed by atoms with Crippen molar-refractivity contribution >= 4 is 31.6 Å². The summed E-state index contributed by atoms with van der Waals surface area (Å²) in [6, 6.07) is 17.8.